The van der Waals surface area contributed by atoms with Crippen molar-refractivity contribution in [1.29, 1.82) is 10.5 Å². The van der Waals surface area contributed by atoms with E-state index in [-0.39, 0.29) is 5.57 Å². The van der Waals surface area contributed by atoms with E-state index in [9.17, 15) is 0 Å². The van der Waals surface area contributed by atoms with Gasteiger partial charge in [0.15, 0.2) is 0 Å². The average Bonchev–Trinajstić information content (AvgIpc) is 2.53. The monoisotopic (exact) mass is 279 g/mol. The zero-order chi connectivity index (χ0) is 14.4. The van der Waals surface area contributed by atoms with Crippen molar-refractivity contribution < 1.29 is 0 Å². The molecule has 0 unspecified atom stereocenters. The molecule has 0 spiro atoms. The fourth-order valence-corrected chi connectivity index (χ4v) is 1.84. The van der Waals surface area contributed by atoms with Crippen molar-refractivity contribution >= 4 is 17.7 Å². The van der Waals surface area contributed by atoms with Crippen LogP contribution in [0.25, 0.3) is 17.3 Å². The Morgan fingerprint density at radius 2 is 1.80 bits per heavy atom. The van der Waals surface area contributed by atoms with Crippen LogP contribution >= 0.6 is 11.6 Å². The summed E-state index contributed by atoms with van der Waals surface area (Å²) in [6.45, 7) is 0. The van der Waals surface area contributed by atoms with E-state index in [4.69, 9.17) is 22.1 Å². The number of pyridine rings is 1. The maximum atomic E-state index is 8.71. The molecular formula is C16H10ClN3. The van der Waals surface area contributed by atoms with Gasteiger partial charge in [-0.15, -0.1) is 11.6 Å². The molecule has 1 aromatic carbocycles. The SMILES string of the molecule is N#CC(C#N)=Cc1ccc(-c2ccc(CCl)cn2)cc1. The van der Waals surface area contributed by atoms with E-state index in [0.29, 0.717) is 5.88 Å². The Balaban J connectivity index is 2.26. The Kier molecular flexibility index (Phi) is 4.50. The van der Waals surface area contributed by atoms with Crippen molar-refractivity contribution in [2.24, 2.45) is 0 Å². The fraction of sp³-hybridized carbons (Fsp3) is 0.0625. The van der Waals surface area contributed by atoms with E-state index in [2.05, 4.69) is 4.98 Å². The first-order chi connectivity index (χ1) is 9.76. The van der Waals surface area contributed by atoms with Gasteiger partial charge in [0, 0.05) is 17.6 Å². The molecule has 1 aromatic heterocycles. The highest BCUT2D eigenvalue weighted by molar-refractivity contribution is 6.17. The Bertz CT molecular complexity index is 685. The standard InChI is InChI=1S/C16H10ClN3/c17-8-13-3-6-16(20-11-13)15-4-1-12(2-5-15)7-14(9-18)10-19/h1-7,11H,8H2. The summed E-state index contributed by atoms with van der Waals surface area (Å²) in [6, 6.07) is 15.0. The van der Waals surface area contributed by atoms with Crippen LogP contribution in [-0.4, -0.2) is 4.98 Å². The number of nitriles is 2. The Morgan fingerprint density at radius 1 is 1.10 bits per heavy atom. The Hall–Kier alpha value is -2.62. The molecule has 0 bridgehead atoms. The number of alkyl halides is 1. The van der Waals surface area contributed by atoms with Crippen LogP contribution in [0, 0.1) is 22.7 Å². The highest BCUT2D eigenvalue weighted by Gasteiger charge is 2.00. The third-order valence-electron chi connectivity index (χ3n) is 2.74. The van der Waals surface area contributed by atoms with Gasteiger partial charge in [-0.3, -0.25) is 4.98 Å². The van der Waals surface area contributed by atoms with Crippen molar-refractivity contribution in [3.05, 3.63) is 59.3 Å². The quantitative estimate of drug-likeness (QED) is 0.632. The van der Waals surface area contributed by atoms with E-state index in [0.717, 1.165) is 22.4 Å². The van der Waals surface area contributed by atoms with Gasteiger partial charge in [-0.2, -0.15) is 10.5 Å². The third-order valence-corrected chi connectivity index (χ3v) is 3.05. The second kappa shape index (κ2) is 6.52. The number of benzene rings is 1. The first kappa shape index (κ1) is 13.8. The topological polar surface area (TPSA) is 60.5 Å². The van der Waals surface area contributed by atoms with E-state index in [1.165, 1.54) is 0 Å². The van der Waals surface area contributed by atoms with Crippen molar-refractivity contribution in [2.75, 3.05) is 0 Å². The van der Waals surface area contributed by atoms with Gasteiger partial charge in [0.25, 0.3) is 0 Å². The van der Waals surface area contributed by atoms with Crippen molar-refractivity contribution in [1.82, 2.24) is 4.98 Å². The lowest BCUT2D eigenvalue weighted by Crippen LogP contribution is -1.86. The number of halogens is 1. The predicted octanol–water partition coefficient (Wildman–Crippen LogP) is 3.92. The maximum Gasteiger partial charge on any atom is 0.130 e. The zero-order valence-electron chi connectivity index (χ0n) is 10.5. The summed E-state index contributed by atoms with van der Waals surface area (Å²) < 4.78 is 0. The van der Waals surface area contributed by atoms with E-state index >= 15 is 0 Å². The lowest BCUT2D eigenvalue weighted by atomic mass is 10.1. The summed E-state index contributed by atoms with van der Waals surface area (Å²) in [5.74, 6) is 0.447. The van der Waals surface area contributed by atoms with Gasteiger partial charge in [0.2, 0.25) is 0 Å². The normalized spacial score (nSPS) is 9.35. The van der Waals surface area contributed by atoms with Crippen LogP contribution < -0.4 is 0 Å². The van der Waals surface area contributed by atoms with Crippen molar-refractivity contribution in [3.63, 3.8) is 0 Å². The van der Waals surface area contributed by atoms with Gasteiger partial charge in [-0.05, 0) is 23.3 Å². The first-order valence-electron chi connectivity index (χ1n) is 5.90. The van der Waals surface area contributed by atoms with Crippen LogP contribution in [0.3, 0.4) is 0 Å². The lowest BCUT2D eigenvalue weighted by molar-refractivity contribution is 1.25. The molecule has 3 nitrogen and oxygen atoms in total. The van der Waals surface area contributed by atoms with Crippen LogP contribution in [0.1, 0.15) is 11.1 Å². The second-order valence-corrected chi connectivity index (χ2v) is 4.36. The molecule has 2 rings (SSSR count). The molecule has 0 radical (unpaired) electrons. The van der Waals surface area contributed by atoms with Crippen LogP contribution in [0.4, 0.5) is 0 Å². The molecule has 1 heterocycles. The molecule has 0 atom stereocenters. The summed E-state index contributed by atoms with van der Waals surface area (Å²) in [6.07, 6.45) is 3.30. The Morgan fingerprint density at radius 3 is 2.30 bits per heavy atom. The summed E-state index contributed by atoms with van der Waals surface area (Å²) in [5, 5.41) is 17.4. The molecule has 0 aliphatic rings. The van der Waals surface area contributed by atoms with Gasteiger partial charge >= 0.3 is 0 Å². The fourth-order valence-electron chi connectivity index (χ4n) is 1.68. The Labute approximate surface area is 122 Å². The minimum absolute atomic E-state index is 0.0855. The number of nitrogens with zero attached hydrogens (tertiary/aromatic N) is 3. The lowest BCUT2D eigenvalue weighted by Gasteiger charge is -2.02. The van der Waals surface area contributed by atoms with Crippen LogP contribution in [0.2, 0.25) is 0 Å². The highest BCUT2D eigenvalue weighted by Crippen LogP contribution is 2.19. The minimum Gasteiger partial charge on any atom is -0.256 e. The van der Waals surface area contributed by atoms with Gasteiger partial charge in [-0.25, -0.2) is 0 Å². The summed E-state index contributed by atoms with van der Waals surface area (Å²) in [5.41, 5.74) is 3.70. The van der Waals surface area contributed by atoms with Gasteiger partial charge in [0.1, 0.15) is 17.7 Å². The highest BCUT2D eigenvalue weighted by atomic mass is 35.5. The number of hydrogen-bond acceptors (Lipinski definition) is 3. The molecule has 0 saturated heterocycles. The largest absolute Gasteiger partial charge is 0.256 e. The molecule has 96 valence electrons. The molecule has 4 heteroatoms. The molecule has 0 saturated carbocycles. The summed E-state index contributed by atoms with van der Waals surface area (Å²) in [4.78, 5) is 4.34. The van der Waals surface area contributed by atoms with Crippen LogP contribution in [0.5, 0.6) is 0 Å². The zero-order valence-corrected chi connectivity index (χ0v) is 11.3. The molecule has 0 amide bonds. The van der Waals surface area contributed by atoms with Gasteiger partial charge < -0.3 is 0 Å². The maximum absolute atomic E-state index is 8.71. The molecule has 20 heavy (non-hydrogen) atoms. The molecule has 0 N–H and O–H groups in total. The first-order valence-corrected chi connectivity index (χ1v) is 6.43. The van der Waals surface area contributed by atoms with Crippen molar-refractivity contribution in [2.45, 2.75) is 5.88 Å². The van der Waals surface area contributed by atoms with Crippen LogP contribution in [-0.2, 0) is 5.88 Å². The van der Waals surface area contributed by atoms with Crippen molar-refractivity contribution in [3.8, 4) is 23.4 Å². The molecule has 2 aromatic rings. The molecule has 0 aliphatic heterocycles. The smallest absolute Gasteiger partial charge is 0.130 e. The number of hydrogen-bond donors (Lipinski definition) is 0. The number of aromatic nitrogens is 1. The van der Waals surface area contributed by atoms with E-state index < -0.39 is 0 Å². The van der Waals surface area contributed by atoms with E-state index in [1.807, 2.05) is 48.5 Å². The third kappa shape index (κ3) is 3.23. The predicted molar refractivity (Wildman–Crippen MR) is 78.4 cm³/mol. The van der Waals surface area contributed by atoms with E-state index in [1.54, 1.807) is 12.3 Å². The molecule has 0 fully saturated rings. The number of rotatable bonds is 3. The van der Waals surface area contributed by atoms with Gasteiger partial charge in [0.05, 0.1) is 5.69 Å². The summed E-state index contributed by atoms with van der Waals surface area (Å²) >= 11 is 5.72. The molecule has 0 aliphatic carbocycles. The van der Waals surface area contributed by atoms with Crippen LogP contribution in [0.15, 0.2) is 48.2 Å². The average molecular weight is 280 g/mol. The summed E-state index contributed by atoms with van der Waals surface area (Å²) in [7, 11) is 0. The number of allylic oxidation sites excluding steroid dienone is 1. The minimum atomic E-state index is 0.0855. The second-order valence-electron chi connectivity index (χ2n) is 4.09. The van der Waals surface area contributed by atoms with Gasteiger partial charge in [-0.1, -0.05) is 30.3 Å². The molecular weight excluding hydrogens is 270 g/mol.